The molecule has 1 heterocycles. The summed E-state index contributed by atoms with van der Waals surface area (Å²) in [5, 5.41) is 9.16. The third-order valence-corrected chi connectivity index (χ3v) is 8.33. The molecule has 3 fully saturated rings. The van der Waals surface area contributed by atoms with E-state index < -0.39 is 21.8 Å². The van der Waals surface area contributed by atoms with Crippen LogP contribution in [0.4, 0.5) is 0 Å². The van der Waals surface area contributed by atoms with E-state index in [2.05, 4.69) is 0 Å². The highest BCUT2D eigenvalue weighted by atomic mass is 32.2. The quantitative estimate of drug-likeness (QED) is 0.812. The Bertz CT molecular complexity index is 596. The number of sulfone groups is 1. The number of amides is 1. The Morgan fingerprint density at radius 1 is 1.00 bits per heavy atom. The molecule has 1 amide bonds. The standard InChI is InChI=1S/C17H27NO5S/c19-16(9-10-24(22,23)13-6-2-3-7-13)18-14-8-4-1-5-12(14)11-15(18)17(20)21/h12-15H,1-11H2,(H,20,21)/t12-,14+,15-/m0/s1. The summed E-state index contributed by atoms with van der Waals surface area (Å²) in [6.07, 6.45) is 7.62. The van der Waals surface area contributed by atoms with Crippen molar-refractivity contribution in [3.8, 4) is 0 Å². The normalized spacial score (nSPS) is 31.2. The van der Waals surface area contributed by atoms with Crippen LogP contribution in [0.3, 0.4) is 0 Å². The highest BCUT2D eigenvalue weighted by Gasteiger charge is 2.47. The number of aliphatic carboxylic acids is 1. The maximum atomic E-state index is 12.7. The second-order valence-electron chi connectivity index (χ2n) is 7.53. The molecular formula is C17H27NO5S. The highest BCUT2D eigenvalue weighted by molar-refractivity contribution is 7.92. The maximum Gasteiger partial charge on any atom is 0.326 e. The van der Waals surface area contributed by atoms with Crippen LogP contribution in [0.2, 0.25) is 0 Å². The number of likely N-dealkylation sites (tertiary alicyclic amines) is 1. The summed E-state index contributed by atoms with van der Waals surface area (Å²) in [7, 11) is -3.25. The molecule has 0 spiro atoms. The van der Waals surface area contributed by atoms with Gasteiger partial charge in [0.2, 0.25) is 5.91 Å². The molecule has 0 aromatic rings. The number of fused-ring (bicyclic) bond motifs is 1. The number of hydrogen-bond acceptors (Lipinski definition) is 4. The Morgan fingerprint density at radius 3 is 2.29 bits per heavy atom. The molecule has 0 radical (unpaired) electrons. The smallest absolute Gasteiger partial charge is 0.326 e. The molecule has 1 saturated heterocycles. The van der Waals surface area contributed by atoms with Crippen molar-refractivity contribution in [1.29, 1.82) is 0 Å². The van der Waals surface area contributed by atoms with Crippen LogP contribution >= 0.6 is 0 Å². The van der Waals surface area contributed by atoms with Crippen LogP contribution in [0, 0.1) is 5.92 Å². The van der Waals surface area contributed by atoms with Crippen molar-refractivity contribution in [3.05, 3.63) is 0 Å². The monoisotopic (exact) mass is 357 g/mol. The molecule has 0 aromatic heterocycles. The largest absolute Gasteiger partial charge is 0.480 e. The number of rotatable bonds is 5. The first-order valence-corrected chi connectivity index (χ1v) is 10.9. The van der Waals surface area contributed by atoms with Gasteiger partial charge in [-0.3, -0.25) is 4.79 Å². The number of nitrogens with zero attached hydrogens (tertiary/aromatic N) is 1. The molecular weight excluding hydrogens is 330 g/mol. The minimum Gasteiger partial charge on any atom is -0.480 e. The van der Waals surface area contributed by atoms with Crippen molar-refractivity contribution in [2.45, 2.75) is 81.5 Å². The predicted octanol–water partition coefficient (Wildman–Crippen LogP) is 1.98. The van der Waals surface area contributed by atoms with E-state index >= 15 is 0 Å². The topological polar surface area (TPSA) is 91.8 Å². The van der Waals surface area contributed by atoms with Crippen LogP contribution in [0.5, 0.6) is 0 Å². The van der Waals surface area contributed by atoms with E-state index in [1.54, 1.807) is 0 Å². The number of carbonyl (C=O) groups excluding carboxylic acids is 1. The molecule has 2 saturated carbocycles. The molecule has 0 aromatic carbocycles. The zero-order valence-electron chi connectivity index (χ0n) is 14.0. The summed E-state index contributed by atoms with van der Waals surface area (Å²) >= 11 is 0. The van der Waals surface area contributed by atoms with Crippen LogP contribution in [0.1, 0.15) is 64.2 Å². The fourth-order valence-electron chi connectivity index (χ4n) is 4.81. The summed E-state index contributed by atoms with van der Waals surface area (Å²) in [6.45, 7) is 0. The summed E-state index contributed by atoms with van der Waals surface area (Å²) in [4.78, 5) is 25.7. The number of hydrogen-bond donors (Lipinski definition) is 1. The molecule has 136 valence electrons. The highest BCUT2D eigenvalue weighted by Crippen LogP contribution is 2.40. The summed E-state index contributed by atoms with van der Waals surface area (Å²) in [5.41, 5.74) is 0. The van der Waals surface area contributed by atoms with Crippen molar-refractivity contribution in [2.75, 3.05) is 5.75 Å². The van der Waals surface area contributed by atoms with Gasteiger partial charge in [0.25, 0.3) is 0 Å². The molecule has 3 rings (SSSR count). The molecule has 3 aliphatic rings. The van der Waals surface area contributed by atoms with Gasteiger partial charge in [-0.1, -0.05) is 25.7 Å². The van der Waals surface area contributed by atoms with Gasteiger partial charge < -0.3 is 10.0 Å². The van der Waals surface area contributed by atoms with Crippen molar-refractivity contribution < 1.29 is 23.1 Å². The van der Waals surface area contributed by atoms with E-state index in [0.717, 1.165) is 38.5 Å². The van der Waals surface area contributed by atoms with Gasteiger partial charge >= 0.3 is 5.97 Å². The van der Waals surface area contributed by atoms with E-state index in [0.29, 0.717) is 19.3 Å². The molecule has 24 heavy (non-hydrogen) atoms. The van der Waals surface area contributed by atoms with Gasteiger partial charge in [-0.15, -0.1) is 0 Å². The summed E-state index contributed by atoms with van der Waals surface area (Å²) in [5.74, 6) is -1.14. The second-order valence-corrected chi connectivity index (χ2v) is 9.93. The lowest BCUT2D eigenvalue weighted by Crippen LogP contribution is -2.46. The van der Waals surface area contributed by atoms with Gasteiger partial charge in [0.1, 0.15) is 6.04 Å². The van der Waals surface area contributed by atoms with Gasteiger partial charge in [-0.2, -0.15) is 0 Å². The van der Waals surface area contributed by atoms with E-state index in [9.17, 15) is 23.1 Å². The van der Waals surface area contributed by atoms with E-state index in [-0.39, 0.29) is 35.3 Å². The molecule has 1 aliphatic heterocycles. The molecule has 1 N–H and O–H groups in total. The molecule has 2 aliphatic carbocycles. The van der Waals surface area contributed by atoms with Gasteiger partial charge in [0, 0.05) is 12.5 Å². The van der Waals surface area contributed by atoms with E-state index in [1.807, 2.05) is 0 Å². The fourth-order valence-corrected chi connectivity index (χ4v) is 6.66. The lowest BCUT2D eigenvalue weighted by atomic mass is 9.84. The lowest BCUT2D eigenvalue weighted by Gasteiger charge is -2.33. The Labute approximate surface area is 143 Å². The number of carboxylic acids is 1. The average Bonchev–Trinajstić information content (AvgIpc) is 3.20. The number of carboxylic acid groups (broad SMARTS) is 1. The molecule has 7 heteroatoms. The van der Waals surface area contributed by atoms with Gasteiger partial charge in [0.15, 0.2) is 9.84 Å². The zero-order valence-corrected chi connectivity index (χ0v) is 14.8. The van der Waals surface area contributed by atoms with Crippen LogP contribution in [0.25, 0.3) is 0 Å². The summed E-state index contributed by atoms with van der Waals surface area (Å²) in [6, 6.07) is -0.790. The number of carbonyl (C=O) groups is 2. The predicted molar refractivity (Wildman–Crippen MR) is 89.3 cm³/mol. The summed E-state index contributed by atoms with van der Waals surface area (Å²) < 4.78 is 24.7. The Kier molecular flexibility index (Phi) is 5.18. The zero-order chi connectivity index (χ0) is 17.3. The first kappa shape index (κ1) is 17.7. The molecule has 0 unspecified atom stereocenters. The first-order valence-electron chi connectivity index (χ1n) is 9.15. The van der Waals surface area contributed by atoms with Gasteiger partial charge in [0.05, 0.1) is 11.0 Å². The molecule has 3 atom stereocenters. The molecule has 6 nitrogen and oxygen atoms in total. The van der Waals surface area contributed by atoms with Gasteiger partial charge in [-0.25, -0.2) is 13.2 Å². The Balaban J connectivity index is 1.66. The molecule has 0 bridgehead atoms. The van der Waals surface area contributed by atoms with E-state index in [4.69, 9.17) is 0 Å². The van der Waals surface area contributed by atoms with Crippen LogP contribution < -0.4 is 0 Å². The van der Waals surface area contributed by atoms with Crippen molar-refractivity contribution in [2.24, 2.45) is 5.92 Å². The van der Waals surface area contributed by atoms with Gasteiger partial charge in [-0.05, 0) is 38.0 Å². The third kappa shape index (κ3) is 3.46. The van der Waals surface area contributed by atoms with Crippen LogP contribution in [-0.2, 0) is 19.4 Å². The maximum absolute atomic E-state index is 12.7. The van der Waals surface area contributed by atoms with Crippen LogP contribution in [-0.4, -0.2) is 53.4 Å². The van der Waals surface area contributed by atoms with Crippen molar-refractivity contribution >= 4 is 21.7 Å². The van der Waals surface area contributed by atoms with E-state index in [1.165, 1.54) is 4.90 Å². The van der Waals surface area contributed by atoms with Crippen LogP contribution in [0.15, 0.2) is 0 Å². The minimum absolute atomic E-state index is 0.0125. The van der Waals surface area contributed by atoms with Crippen molar-refractivity contribution in [3.63, 3.8) is 0 Å². The lowest BCUT2D eigenvalue weighted by molar-refractivity contribution is -0.149. The fraction of sp³-hybridized carbons (Fsp3) is 0.882. The SMILES string of the molecule is O=C(O)[C@@H]1C[C@@H]2CCCC[C@H]2N1C(=O)CCS(=O)(=O)C1CCCC1. The Hall–Kier alpha value is -1.11. The minimum atomic E-state index is -3.25. The average molecular weight is 357 g/mol. The first-order chi connectivity index (χ1) is 11.4. The Morgan fingerprint density at radius 2 is 1.62 bits per heavy atom. The second kappa shape index (κ2) is 7.02. The van der Waals surface area contributed by atoms with Crippen molar-refractivity contribution in [1.82, 2.24) is 4.90 Å². The third-order valence-electron chi connectivity index (χ3n) is 6.07.